The van der Waals surface area contributed by atoms with Crippen LogP contribution in [0.5, 0.6) is 0 Å². The Morgan fingerprint density at radius 2 is 1.85 bits per heavy atom. The highest BCUT2D eigenvalue weighted by atomic mass is 32.2. The maximum atomic E-state index is 11.8. The van der Waals surface area contributed by atoms with Crippen LogP contribution in [0.2, 0.25) is 0 Å². The number of nitrogens with one attached hydrogen (secondary N) is 2. The molecule has 2 fully saturated rings. The van der Waals surface area contributed by atoms with Gasteiger partial charge in [0.25, 0.3) is 0 Å². The van der Waals surface area contributed by atoms with E-state index in [4.69, 9.17) is 0 Å². The van der Waals surface area contributed by atoms with Gasteiger partial charge in [0.15, 0.2) is 0 Å². The van der Waals surface area contributed by atoms with E-state index < -0.39 is 10.0 Å². The van der Waals surface area contributed by atoms with E-state index in [2.05, 4.69) is 14.9 Å². The lowest BCUT2D eigenvalue weighted by Gasteiger charge is -2.25. The van der Waals surface area contributed by atoms with E-state index in [1.807, 2.05) is 11.8 Å². The topological polar surface area (TPSA) is 61.4 Å². The summed E-state index contributed by atoms with van der Waals surface area (Å²) in [7, 11) is -3.08. The highest BCUT2D eigenvalue weighted by molar-refractivity contribution is 7.99. The molecule has 0 radical (unpaired) electrons. The molecule has 7 heteroatoms. The van der Waals surface area contributed by atoms with Gasteiger partial charge in [-0.2, -0.15) is 11.8 Å². The van der Waals surface area contributed by atoms with Gasteiger partial charge < -0.3 is 10.2 Å². The molecule has 0 atom stereocenters. The summed E-state index contributed by atoms with van der Waals surface area (Å²) in [6, 6.07) is 0.715. The molecule has 0 bridgehead atoms. The molecule has 2 aliphatic rings. The summed E-state index contributed by atoms with van der Waals surface area (Å²) in [5.41, 5.74) is 0. The minimum atomic E-state index is -3.08. The Labute approximate surface area is 127 Å². The molecule has 0 spiro atoms. The van der Waals surface area contributed by atoms with Crippen molar-refractivity contribution in [2.45, 2.75) is 31.7 Å². The molecule has 0 unspecified atom stereocenters. The molecule has 5 nitrogen and oxygen atoms in total. The zero-order valence-electron chi connectivity index (χ0n) is 12.1. The third kappa shape index (κ3) is 7.26. The van der Waals surface area contributed by atoms with Crippen LogP contribution >= 0.6 is 11.8 Å². The van der Waals surface area contributed by atoms with E-state index in [1.54, 1.807) is 0 Å². The molecule has 118 valence electrons. The number of thioether (sulfide) groups is 1. The predicted octanol–water partition coefficient (Wildman–Crippen LogP) is 0.487. The van der Waals surface area contributed by atoms with E-state index in [1.165, 1.54) is 24.3 Å². The van der Waals surface area contributed by atoms with Crippen molar-refractivity contribution in [3.63, 3.8) is 0 Å². The lowest BCUT2D eigenvalue weighted by molar-refractivity contribution is 0.307. The number of hydrogen-bond donors (Lipinski definition) is 2. The van der Waals surface area contributed by atoms with Gasteiger partial charge in [-0.1, -0.05) is 0 Å². The van der Waals surface area contributed by atoms with Gasteiger partial charge in [-0.05, 0) is 32.2 Å². The SMILES string of the molecule is O=S(=O)(CCCCNC1CC1)NCCN1CCSCC1. The van der Waals surface area contributed by atoms with Crippen LogP contribution in [0.4, 0.5) is 0 Å². The quantitative estimate of drug-likeness (QED) is 0.573. The maximum absolute atomic E-state index is 11.8. The summed E-state index contributed by atoms with van der Waals surface area (Å²) < 4.78 is 26.4. The Kier molecular flexibility index (Phi) is 7.10. The number of nitrogens with zero attached hydrogens (tertiary/aromatic N) is 1. The monoisotopic (exact) mass is 321 g/mol. The molecule has 1 aliphatic carbocycles. The second-order valence-electron chi connectivity index (χ2n) is 5.60. The van der Waals surface area contributed by atoms with Gasteiger partial charge in [0.05, 0.1) is 5.75 Å². The first-order chi connectivity index (χ1) is 9.66. The van der Waals surface area contributed by atoms with Gasteiger partial charge >= 0.3 is 0 Å². The first-order valence-corrected chi connectivity index (χ1v) is 10.5. The van der Waals surface area contributed by atoms with Crippen LogP contribution in [0.15, 0.2) is 0 Å². The normalized spacial score (nSPS) is 21.2. The van der Waals surface area contributed by atoms with Crippen LogP contribution in [0.1, 0.15) is 25.7 Å². The first-order valence-electron chi connectivity index (χ1n) is 7.66. The first kappa shape index (κ1) is 16.5. The maximum Gasteiger partial charge on any atom is 0.211 e. The third-order valence-electron chi connectivity index (χ3n) is 3.70. The number of sulfonamides is 1. The summed E-state index contributed by atoms with van der Waals surface area (Å²) >= 11 is 1.97. The highest BCUT2D eigenvalue weighted by Crippen LogP contribution is 2.18. The number of unbranched alkanes of at least 4 members (excludes halogenated alkanes) is 1. The Morgan fingerprint density at radius 3 is 2.55 bits per heavy atom. The molecule has 1 aliphatic heterocycles. The van der Waals surface area contributed by atoms with Crippen molar-refractivity contribution in [3.05, 3.63) is 0 Å². The van der Waals surface area contributed by atoms with Crippen molar-refractivity contribution in [2.75, 3.05) is 50.0 Å². The molecule has 2 N–H and O–H groups in total. The minimum absolute atomic E-state index is 0.259. The standard InChI is InChI=1S/C13H27N3O2S2/c17-20(18,12-2-1-5-14-13-3-4-13)15-6-7-16-8-10-19-11-9-16/h13-15H,1-12H2. The molecule has 0 aromatic rings. The van der Waals surface area contributed by atoms with E-state index in [0.717, 1.165) is 39.0 Å². The number of hydrogen-bond acceptors (Lipinski definition) is 5. The fourth-order valence-corrected chi connectivity index (χ4v) is 4.38. The van der Waals surface area contributed by atoms with Gasteiger partial charge in [0, 0.05) is 43.7 Å². The van der Waals surface area contributed by atoms with Gasteiger partial charge in [-0.25, -0.2) is 13.1 Å². The molecule has 0 aromatic heterocycles. The summed E-state index contributed by atoms with van der Waals surface area (Å²) in [4.78, 5) is 2.33. The van der Waals surface area contributed by atoms with Gasteiger partial charge in [-0.3, -0.25) is 0 Å². The second-order valence-corrected chi connectivity index (χ2v) is 8.75. The van der Waals surface area contributed by atoms with Crippen molar-refractivity contribution in [2.24, 2.45) is 0 Å². The van der Waals surface area contributed by atoms with Gasteiger partial charge in [0.1, 0.15) is 0 Å². The lowest BCUT2D eigenvalue weighted by Crippen LogP contribution is -2.39. The van der Waals surface area contributed by atoms with Crippen molar-refractivity contribution in [1.82, 2.24) is 14.9 Å². The molecule has 1 saturated heterocycles. The van der Waals surface area contributed by atoms with Gasteiger partial charge in [-0.15, -0.1) is 0 Å². The van der Waals surface area contributed by atoms with E-state index in [-0.39, 0.29) is 5.75 Å². The molecule has 20 heavy (non-hydrogen) atoms. The largest absolute Gasteiger partial charge is 0.314 e. The van der Waals surface area contributed by atoms with Crippen LogP contribution in [-0.4, -0.2) is 69.3 Å². The van der Waals surface area contributed by atoms with Crippen LogP contribution in [0.25, 0.3) is 0 Å². The van der Waals surface area contributed by atoms with Crippen LogP contribution in [0, 0.1) is 0 Å². The molecular weight excluding hydrogens is 294 g/mol. The Morgan fingerprint density at radius 1 is 1.10 bits per heavy atom. The van der Waals surface area contributed by atoms with Crippen LogP contribution in [-0.2, 0) is 10.0 Å². The Hall–Kier alpha value is 0.180. The van der Waals surface area contributed by atoms with Crippen LogP contribution < -0.4 is 10.0 Å². The molecular formula is C13H27N3O2S2. The van der Waals surface area contributed by atoms with E-state index >= 15 is 0 Å². The lowest BCUT2D eigenvalue weighted by atomic mass is 10.3. The van der Waals surface area contributed by atoms with Crippen molar-refractivity contribution in [1.29, 1.82) is 0 Å². The zero-order valence-corrected chi connectivity index (χ0v) is 13.8. The van der Waals surface area contributed by atoms with Crippen LogP contribution in [0.3, 0.4) is 0 Å². The average Bonchev–Trinajstić information content (AvgIpc) is 3.23. The second kappa shape index (κ2) is 8.58. The molecule has 0 amide bonds. The molecule has 1 saturated carbocycles. The summed E-state index contributed by atoms with van der Waals surface area (Å²) in [6.07, 6.45) is 4.26. The van der Waals surface area contributed by atoms with Crippen molar-refractivity contribution >= 4 is 21.8 Å². The minimum Gasteiger partial charge on any atom is -0.314 e. The number of rotatable bonds is 10. The van der Waals surface area contributed by atoms with E-state index in [9.17, 15) is 8.42 Å². The van der Waals surface area contributed by atoms with E-state index in [0.29, 0.717) is 12.6 Å². The third-order valence-corrected chi connectivity index (χ3v) is 6.12. The summed E-state index contributed by atoms with van der Waals surface area (Å²) in [5.74, 6) is 2.59. The molecule has 1 heterocycles. The predicted molar refractivity (Wildman–Crippen MR) is 85.8 cm³/mol. The fraction of sp³-hybridized carbons (Fsp3) is 1.00. The van der Waals surface area contributed by atoms with Crippen molar-refractivity contribution in [3.8, 4) is 0 Å². The smallest absolute Gasteiger partial charge is 0.211 e. The Bertz CT molecular complexity index is 366. The summed E-state index contributed by atoms with van der Waals surface area (Å²) in [5, 5.41) is 3.41. The fourth-order valence-electron chi connectivity index (χ4n) is 2.27. The van der Waals surface area contributed by atoms with Crippen molar-refractivity contribution < 1.29 is 8.42 Å². The zero-order chi connectivity index (χ0) is 14.3. The highest BCUT2D eigenvalue weighted by Gasteiger charge is 2.19. The average molecular weight is 322 g/mol. The molecule has 2 rings (SSSR count). The molecule has 0 aromatic carbocycles. The van der Waals surface area contributed by atoms with Gasteiger partial charge in [0.2, 0.25) is 10.0 Å². The Balaban J connectivity index is 1.48. The summed E-state index contributed by atoms with van der Waals surface area (Å²) in [6.45, 7) is 4.50.